The first-order valence-electron chi connectivity index (χ1n) is 38.9. The first-order valence-corrected chi connectivity index (χ1v) is 52.0. The number of hydrogen-bond donors (Lipinski definition) is 8. The van der Waals surface area contributed by atoms with Crippen LogP contribution in [-0.4, -0.2) is 186 Å². The highest BCUT2D eigenvalue weighted by Gasteiger charge is 2.41. The number of morpholine rings is 1. The number of rotatable bonds is 16. The van der Waals surface area contributed by atoms with Crippen LogP contribution in [0.3, 0.4) is 0 Å². The minimum Gasteiger partial charge on any atom is -0.872 e. The summed E-state index contributed by atoms with van der Waals surface area (Å²) >= 11 is 24.3. The number of hydrogen-bond acceptors (Lipinski definition) is 29. The normalized spacial score (nSPS) is 12.7. The highest BCUT2D eigenvalue weighted by Crippen LogP contribution is 2.58. The molecule has 10 heterocycles. The topological polar surface area (TPSA) is 343 Å². The van der Waals surface area contributed by atoms with E-state index in [1.54, 1.807) is 57.5 Å². The van der Waals surface area contributed by atoms with Gasteiger partial charge in [-0.05, 0) is 85.7 Å². The molecule has 7 aromatic carbocycles. The number of para-hydroxylation sites is 2. The van der Waals surface area contributed by atoms with Crippen molar-refractivity contribution in [3.63, 3.8) is 0 Å². The third-order valence-electron chi connectivity index (χ3n) is 18.6. The lowest BCUT2D eigenvalue weighted by Crippen LogP contribution is -2.35. The van der Waals surface area contributed by atoms with Gasteiger partial charge in [-0.3, -0.25) is 0 Å². The highest BCUT2D eigenvalue weighted by molar-refractivity contribution is 7.50. The van der Waals surface area contributed by atoms with Crippen LogP contribution in [0.15, 0.2) is 72.8 Å². The minimum absolute atomic E-state index is 0.0263. The van der Waals surface area contributed by atoms with Crippen molar-refractivity contribution in [2.75, 3.05) is 116 Å². The van der Waals surface area contributed by atoms with Crippen LogP contribution < -0.4 is 69.8 Å². The van der Waals surface area contributed by atoms with Gasteiger partial charge in [0, 0.05) is 54.1 Å². The number of nitrogens with zero attached hydrogens (tertiary/aromatic N) is 8. The zero-order valence-corrected chi connectivity index (χ0v) is 81.4. The maximum absolute atomic E-state index is 13.0. The van der Waals surface area contributed by atoms with Gasteiger partial charge in [-0.15, -0.1) is 25.2 Å². The molecule has 0 atom stereocenters. The van der Waals surface area contributed by atoms with Gasteiger partial charge < -0.3 is 81.0 Å². The number of fused-ring (bicyclic) bond motifs is 9. The van der Waals surface area contributed by atoms with E-state index in [-0.39, 0.29) is 80.5 Å². The fraction of sp³-hybridized carbons (Fsp3) is 0.354. The maximum atomic E-state index is 13.0. The molecule has 0 bridgehead atoms. The molecule has 15 aromatic rings. The van der Waals surface area contributed by atoms with Crippen LogP contribution in [0.25, 0.3) is 75.2 Å². The summed E-state index contributed by atoms with van der Waals surface area (Å²) in [7, 11) is 0. The van der Waals surface area contributed by atoms with Gasteiger partial charge in [0.1, 0.15) is 119 Å². The van der Waals surface area contributed by atoms with Crippen molar-refractivity contribution < 1.29 is 94.7 Å². The molecule has 1 saturated heterocycles. The summed E-state index contributed by atoms with van der Waals surface area (Å²) in [5, 5.41) is 149. The van der Waals surface area contributed by atoms with Crippen molar-refractivity contribution in [3.8, 4) is 80.5 Å². The molecule has 17 rings (SSSR count). The van der Waals surface area contributed by atoms with E-state index in [2.05, 4.69) is 110 Å². The van der Waals surface area contributed by atoms with Gasteiger partial charge in [-0.2, -0.15) is 0 Å². The zero-order chi connectivity index (χ0) is 87.9. The standard InChI is InChI=1S/C16H15N2O4S4.C16H18N2O2S4.2C16H20N2O2S4.3C6H6O2/c19-9-11-12(24-15(23-11)17-1-5-21-6-2-17)10(20)14-13(9)25-16(26-14)18-3-7-22-8-4-18;1-5-7-17(3)15-21-11-9(19)10(20)12-14(13(11)23-15)24-16(22-12)18(4)8-6-2;2*1-5-17(6-2)15-21-11-9(19)13-14(10(20)12(11)22-15)24-16(23-13)18(7-3)8-4;2*7-5-1-2-6(8)4-3-5;7-5-3-1-2-4-6(5)8/h1H,2-8H2;3-8H2,1-2H3;2*5-8H2,1-4H3;3*1-4,7-8H/q+1;+2;;;;;/p+2. The highest BCUT2D eigenvalue weighted by atomic mass is 32.2. The van der Waals surface area contributed by atoms with Crippen LogP contribution in [0.2, 0.25) is 0 Å². The van der Waals surface area contributed by atoms with E-state index < -0.39 is 0 Å². The molecule has 1 fully saturated rings. The Bertz CT molecular complexity index is 5890. The van der Waals surface area contributed by atoms with Crippen molar-refractivity contribution >= 4 is 293 Å². The summed E-state index contributed by atoms with van der Waals surface area (Å²) in [6, 6.07) is 16.6. The van der Waals surface area contributed by atoms with Crippen LogP contribution in [0.1, 0.15) is 82.1 Å². The van der Waals surface area contributed by atoms with E-state index in [0.29, 0.717) is 41.4 Å². The molecule has 2 aliphatic rings. The minimum atomic E-state index is -0.326. The Kier molecular flexibility index (Phi) is 34.2. The first-order chi connectivity index (χ1) is 58.7. The van der Waals surface area contributed by atoms with Crippen LogP contribution in [0.5, 0.6) is 80.5 Å². The van der Waals surface area contributed by atoms with Crippen molar-refractivity contribution in [3.05, 3.63) is 88.7 Å². The Morgan fingerprint density at radius 3 is 1.10 bits per heavy atom. The van der Waals surface area contributed by atoms with Crippen LogP contribution in [0.4, 0.5) is 17.3 Å². The molecule has 2 aliphatic heterocycles. The lowest BCUT2D eigenvalue weighted by Gasteiger charge is -2.20. The number of benzene rings is 7. The SMILES string of the molecule is C=[N+](CCC)c1sc2c([s+]1)c(O)c(O)c1[s+]c([N+](=C)CCC)sc12.CC[N+](CC)=c1sc2c([O-])c3sc(=[N+](CC)CC)sc3c(O)c2s1.CC[N+](CC)=c1sc2c([O-])c3sc(=[N+](CC)CC)sc3c([O-])c2s1.Oc1c2sc(N3CCOCC3)[s+]c2c(O)c2[s+]c([N+]3=CCOCC3)sc12.[O-]c1ccc(O)cc1.[O-]c1ccc(O)cc1.[O-]c1ccccc1O. The van der Waals surface area contributed by atoms with Crippen molar-refractivity contribution in [1.82, 2.24) is 18.3 Å². The summed E-state index contributed by atoms with van der Waals surface area (Å²) < 4.78 is 46.1. The lowest BCUT2D eigenvalue weighted by atomic mass is 10.3. The zero-order valence-electron chi connectivity index (χ0n) is 68.3. The Balaban J connectivity index is 0.000000145. The van der Waals surface area contributed by atoms with Crippen molar-refractivity contribution in [2.45, 2.75) is 82.1 Å². The smallest absolute Gasteiger partial charge is 0.516 e. The molecule has 40 heteroatoms. The van der Waals surface area contributed by atoms with Gasteiger partial charge in [0.25, 0.3) is 0 Å². The second-order valence-electron chi connectivity index (χ2n) is 26.5. The first kappa shape index (κ1) is 95.0. The Hall–Kier alpha value is -7.69. The largest absolute Gasteiger partial charge is 0.872 e. The summed E-state index contributed by atoms with van der Waals surface area (Å²) in [6.45, 7) is 43.2. The quantitative estimate of drug-likeness (QED) is 0.0146. The van der Waals surface area contributed by atoms with Crippen LogP contribution in [-0.2, 0) is 9.47 Å². The summed E-state index contributed by atoms with van der Waals surface area (Å²) in [4.78, 5) is 2.27. The van der Waals surface area contributed by atoms with Gasteiger partial charge in [0.15, 0.2) is 99.6 Å². The van der Waals surface area contributed by atoms with E-state index in [4.69, 9.17) is 24.8 Å². The molecule has 122 heavy (non-hydrogen) atoms. The summed E-state index contributed by atoms with van der Waals surface area (Å²) in [6.07, 6.45) is 4.03. The number of anilines is 1. The Morgan fingerprint density at radius 1 is 0.385 bits per heavy atom. The number of aromatic hydroxyl groups is 8. The molecule has 0 radical (unpaired) electrons. The predicted molar refractivity (Wildman–Crippen MR) is 513 cm³/mol. The fourth-order valence-electron chi connectivity index (χ4n) is 12.0. The van der Waals surface area contributed by atoms with Gasteiger partial charge in [-0.25, -0.2) is 23.2 Å². The summed E-state index contributed by atoms with van der Waals surface area (Å²) in [5.74, 6) is 0.500. The van der Waals surface area contributed by atoms with Gasteiger partial charge >= 0.3 is 33.2 Å². The molecule has 0 saturated carbocycles. The molecular weight excluding hydrogens is 1870 g/mol. The Labute approximate surface area is 766 Å². The molecule has 0 unspecified atom stereocenters. The van der Waals surface area contributed by atoms with E-state index in [0.717, 1.165) is 191 Å². The van der Waals surface area contributed by atoms with Crippen LogP contribution >= 0.6 is 181 Å². The van der Waals surface area contributed by atoms with Crippen molar-refractivity contribution in [1.29, 1.82) is 0 Å². The maximum Gasteiger partial charge on any atom is 0.516 e. The van der Waals surface area contributed by atoms with E-state index in [1.807, 2.05) is 15.4 Å². The number of phenols is 8. The van der Waals surface area contributed by atoms with E-state index in [9.17, 15) is 56.2 Å². The molecule has 0 amide bonds. The van der Waals surface area contributed by atoms with Crippen molar-refractivity contribution in [2.24, 2.45) is 0 Å². The average Bonchev–Trinajstić information content (AvgIpc) is 1.61. The molecular formula is C82H93N8O16S16+5. The van der Waals surface area contributed by atoms with Gasteiger partial charge in [0.2, 0.25) is 60.6 Å². The number of phenolic OH excluding ortho intramolecular Hbond substituents is 8. The number of ether oxygens (including phenoxy) is 2. The molecule has 0 spiro atoms. The van der Waals surface area contributed by atoms with Gasteiger partial charge in [-0.1, -0.05) is 170 Å². The van der Waals surface area contributed by atoms with Crippen LogP contribution in [0, 0.1) is 0 Å². The summed E-state index contributed by atoms with van der Waals surface area (Å²) in [5.41, 5.74) is 0. The monoisotopic (exact) mass is 1960 g/mol. The molecule has 0 aliphatic carbocycles. The van der Waals surface area contributed by atoms with E-state index in [1.165, 1.54) is 197 Å². The van der Waals surface area contributed by atoms with E-state index >= 15 is 0 Å². The molecule has 648 valence electrons. The molecule has 8 aromatic heterocycles. The average molecular weight is 1960 g/mol. The second-order valence-corrected chi connectivity index (χ2v) is 44.5. The fourth-order valence-corrected chi connectivity index (χ4v) is 34.2. The second kappa shape index (κ2) is 44.0. The molecule has 24 nitrogen and oxygen atoms in total. The third kappa shape index (κ3) is 21.7. The Morgan fingerprint density at radius 2 is 0.746 bits per heavy atom. The molecule has 8 N–H and O–H groups in total. The lowest BCUT2D eigenvalue weighted by molar-refractivity contribution is -0.442. The predicted octanol–water partition coefficient (Wildman–Crippen LogP) is 15.6. The van der Waals surface area contributed by atoms with Gasteiger partial charge in [0.05, 0.1) is 22.6 Å². The third-order valence-corrected chi connectivity index (χ3v) is 40.2.